The van der Waals surface area contributed by atoms with Gasteiger partial charge in [0, 0.05) is 16.3 Å². The summed E-state index contributed by atoms with van der Waals surface area (Å²) in [6.07, 6.45) is 1.42. The lowest BCUT2D eigenvalue weighted by Crippen LogP contribution is -2.13. The molecule has 0 saturated heterocycles. The maximum atomic E-state index is 12.6. The van der Waals surface area contributed by atoms with Crippen molar-refractivity contribution in [2.24, 2.45) is 0 Å². The molecule has 3 aromatic carbocycles. The summed E-state index contributed by atoms with van der Waals surface area (Å²) in [6.45, 7) is 2.23. The summed E-state index contributed by atoms with van der Waals surface area (Å²) in [5.74, 6) is -0.188. The second-order valence-corrected chi connectivity index (χ2v) is 7.41. The number of halogens is 2. The third-order valence-electron chi connectivity index (χ3n) is 4.24. The SMILES string of the molecule is Cc1ccc(NC(=O)/C(C#N)=C/c2cc(Cl)cc(Cl)c2OCc2ccccc2)cc1. The Labute approximate surface area is 185 Å². The Morgan fingerprint density at radius 2 is 1.80 bits per heavy atom. The highest BCUT2D eigenvalue weighted by Crippen LogP contribution is 2.34. The summed E-state index contributed by atoms with van der Waals surface area (Å²) in [6, 6.07) is 22.0. The Morgan fingerprint density at radius 1 is 1.10 bits per heavy atom. The smallest absolute Gasteiger partial charge is 0.266 e. The second kappa shape index (κ2) is 9.98. The van der Waals surface area contributed by atoms with Gasteiger partial charge in [-0.1, -0.05) is 71.2 Å². The van der Waals surface area contributed by atoms with Crippen LogP contribution in [0.1, 0.15) is 16.7 Å². The summed E-state index contributed by atoms with van der Waals surface area (Å²) < 4.78 is 5.89. The number of amides is 1. The van der Waals surface area contributed by atoms with Crippen LogP contribution in [0.3, 0.4) is 0 Å². The van der Waals surface area contributed by atoms with E-state index in [-0.39, 0.29) is 12.2 Å². The van der Waals surface area contributed by atoms with E-state index in [1.807, 2.05) is 55.5 Å². The summed E-state index contributed by atoms with van der Waals surface area (Å²) in [4.78, 5) is 12.6. The highest BCUT2D eigenvalue weighted by molar-refractivity contribution is 6.36. The van der Waals surface area contributed by atoms with Crippen LogP contribution in [0, 0.1) is 18.3 Å². The lowest BCUT2D eigenvalue weighted by atomic mass is 10.1. The largest absolute Gasteiger partial charge is 0.487 e. The maximum Gasteiger partial charge on any atom is 0.266 e. The topological polar surface area (TPSA) is 62.1 Å². The fourth-order valence-corrected chi connectivity index (χ4v) is 3.27. The van der Waals surface area contributed by atoms with Crippen molar-refractivity contribution >= 4 is 40.9 Å². The molecule has 30 heavy (non-hydrogen) atoms. The van der Waals surface area contributed by atoms with Gasteiger partial charge in [0.15, 0.2) is 0 Å². The molecular weight excluding hydrogens is 419 g/mol. The van der Waals surface area contributed by atoms with Crippen molar-refractivity contribution in [2.75, 3.05) is 5.32 Å². The zero-order chi connectivity index (χ0) is 21.5. The van der Waals surface area contributed by atoms with Gasteiger partial charge in [0.05, 0.1) is 5.02 Å². The highest BCUT2D eigenvalue weighted by atomic mass is 35.5. The number of nitrogens with zero attached hydrogens (tertiary/aromatic N) is 1. The number of nitrogens with one attached hydrogen (secondary N) is 1. The molecule has 0 fully saturated rings. The molecule has 0 radical (unpaired) electrons. The van der Waals surface area contributed by atoms with Crippen LogP contribution in [0.4, 0.5) is 5.69 Å². The minimum absolute atomic E-state index is 0.0986. The van der Waals surface area contributed by atoms with Crippen molar-refractivity contribution in [3.8, 4) is 11.8 Å². The van der Waals surface area contributed by atoms with E-state index in [1.165, 1.54) is 6.08 Å². The number of rotatable bonds is 6. The first-order valence-electron chi connectivity index (χ1n) is 9.12. The van der Waals surface area contributed by atoms with Crippen molar-refractivity contribution in [2.45, 2.75) is 13.5 Å². The molecule has 0 heterocycles. The van der Waals surface area contributed by atoms with E-state index < -0.39 is 5.91 Å². The molecule has 0 aromatic heterocycles. The average molecular weight is 437 g/mol. The Kier molecular flexibility index (Phi) is 7.13. The molecule has 0 saturated carbocycles. The Hall–Kier alpha value is -3.26. The Bertz CT molecular complexity index is 1120. The molecule has 0 bridgehead atoms. The molecule has 6 heteroatoms. The molecule has 0 unspecified atom stereocenters. The van der Waals surface area contributed by atoms with Crippen LogP contribution in [0.15, 0.2) is 72.3 Å². The highest BCUT2D eigenvalue weighted by Gasteiger charge is 2.15. The van der Waals surface area contributed by atoms with Gasteiger partial charge in [-0.2, -0.15) is 5.26 Å². The number of benzene rings is 3. The summed E-state index contributed by atoms with van der Waals surface area (Å²) in [7, 11) is 0. The fraction of sp³-hybridized carbons (Fsp3) is 0.0833. The number of carbonyl (C=O) groups excluding carboxylic acids is 1. The standard InChI is InChI=1S/C24H18Cl2N2O2/c1-16-7-9-21(10-8-16)28-24(29)19(14-27)11-18-12-20(25)13-22(26)23(18)30-15-17-5-3-2-4-6-17/h2-13H,15H2,1H3,(H,28,29)/b19-11+. The van der Waals surface area contributed by atoms with Gasteiger partial charge in [-0.25, -0.2) is 0 Å². The minimum Gasteiger partial charge on any atom is -0.487 e. The average Bonchev–Trinajstić information content (AvgIpc) is 2.73. The van der Waals surface area contributed by atoms with E-state index in [0.717, 1.165) is 11.1 Å². The maximum absolute atomic E-state index is 12.6. The summed E-state index contributed by atoms with van der Waals surface area (Å²) >= 11 is 12.5. The monoisotopic (exact) mass is 436 g/mol. The number of nitriles is 1. The summed E-state index contributed by atoms with van der Waals surface area (Å²) in [5, 5.41) is 12.9. The van der Waals surface area contributed by atoms with Crippen molar-refractivity contribution in [3.63, 3.8) is 0 Å². The van der Waals surface area contributed by atoms with Gasteiger partial charge in [0.2, 0.25) is 0 Å². The molecule has 0 aliphatic rings. The number of anilines is 1. The van der Waals surface area contributed by atoms with Crippen LogP contribution in [-0.4, -0.2) is 5.91 Å². The van der Waals surface area contributed by atoms with Crippen LogP contribution in [0.25, 0.3) is 6.08 Å². The minimum atomic E-state index is -0.536. The van der Waals surface area contributed by atoms with Gasteiger partial charge < -0.3 is 10.1 Å². The normalized spacial score (nSPS) is 10.9. The number of carbonyl (C=O) groups is 1. The lowest BCUT2D eigenvalue weighted by molar-refractivity contribution is -0.112. The third-order valence-corrected chi connectivity index (χ3v) is 4.74. The first-order valence-corrected chi connectivity index (χ1v) is 9.87. The Morgan fingerprint density at radius 3 is 2.47 bits per heavy atom. The molecule has 0 spiro atoms. The molecule has 150 valence electrons. The van der Waals surface area contributed by atoms with Gasteiger partial charge >= 0.3 is 0 Å². The van der Waals surface area contributed by atoms with Gasteiger partial charge in [-0.05, 0) is 42.8 Å². The molecule has 1 amide bonds. The molecule has 0 atom stereocenters. The molecular formula is C24H18Cl2N2O2. The predicted molar refractivity (Wildman–Crippen MR) is 121 cm³/mol. The van der Waals surface area contributed by atoms with Gasteiger partial charge in [0.1, 0.15) is 24.0 Å². The Balaban J connectivity index is 1.88. The number of hydrogen-bond acceptors (Lipinski definition) is 3. The van der Waals surface area contributed by atoms with Crippen LogP contribution < -0.4 is 10.1 Å². The van der Waals surface area contributed by atoms with E-state index in [2.05, 4.69) is 5.32 Å². The first kappa shape index (κ1) is 21.4. The molecule has 0 aliphatic heterocycles. The summed E-state index contributed by atoms with van der Waals surface area (Å²) in [5.41, 5.74) is 2.96. The molecule has 3 rings (SSSR count). The van der Waals surface area contributed by atoms with Gasteiger partial charge in [-0.15, -0.1) is 0 Å². The lowest BCUT2D eigenvalue weighted by Gasteiger charge is -2.12. The van der Waals surface area contributed by atoms with E-state index in [9.17, 15) is 10.1 Å². The van der Waals surface area contributed by atoms with Crippen molar-refractivity contribution in [1.29, 1.82) is 5.26 Å². The second-order valence-electron chi connectivity index (χ2n) is 6.57. The van der Waals surface area contributed by atoms with Crippen LogP contribution in [-0.2, 0) is 11.4 Å². The van der Waals surface area contributed by atoms with Crippen LogP contribution in [0.5, 0.6) is 5.75 Å². The zero-order valence-corrected chi connectivity index (χ0v) is 17.7. The third kappa shape index (κ3) is 5.64. The van der Waals surface area contributed by atoms with E-state index in [0.29, 0.717) is 27.0 Å². The number of ether oxygens (including phenoxy) is 1. The van der Waals surface area contributed by atoms with Crippen molar-refractivity contribution < 1.29 is 9.53 Å². The first-order chi connectivity index (χ1) is 14.5. The van der Waals surface area contributed by atoms with Crippen molar-refractivity contribution in [3.05, 3.63) is 99.0 Å². The number of aryl methyl sites for hydroxylation is 1. The van der Waals surface area contributed by atoms with Crippen LogP contribution in [0.2, 0.25) is 10.0 Å². The van der Waals surface area contributed by atoms with E-state index in [1.54, 1.807) is 24.3 Å². The fourth-order valence-electron chi connectivity index (χ4n) is 2.71. The molecule has 3 aromatic rings. The van der Waals surface area contributed by atoms with Gasteiger partial charge in [0.25, 0.3) is 5.91 Å². The van der Waals surface area contributed by atoms with Gasteiger partial charge in [-0.3, -0.25) is 4.79 Å². The van der Waals surface area contributed by atoms with Crippen molar-refractivity contribution in [1.82, 2.24) is 0 Å². The van der Waals surface area contributed by atoms with Crippen LogP contribution >= 0.6 is 23.2 Å². The quantitative estimate of drug-likeness (QED) is 0.357. The number of hydrogen-bond donors (Lipinski definition) is 1. The van der Waals surface area contributed by atoms with E-state index in [4.69, 9.17) is 27.9 Å². The molecule has 4 nitrogen and oxygen atoms in total. The predicted octanol–water partition coefficient (Wildman–Crippen LogP) is 6.43. The van der Waals surface area contributed by atoms with E-state index >= 15 is 0 Å². The molecule has 0 aliphatic carbocycles. The molecule has 1 N–H and O–H groups in total. The zero-order valence-electron chi connectivity index (χ0n) is 16.2.